The average Bonchev–Trinajstić information content (AvgIpc) is 2.26. The fourth-order valence-electron chi connectivity index (χ4n) is 1.25. The van der Waals surface area contributed by atoms with E-state index < -0.39 is 31.8 Å². The lowest BCUT2D eigenvalue weighted by molar-refractivity contribution is 0.0696. The van der Waals surface area contributed by atoms with Gasteiger partial charge in [0.05, 0.1) is 16.2 Å². The molecule has 0 saturated carbocycles. The molecule has 0 radical (unpaired) electrons. The van der Waals surface area contributed by atoms with Crippen LogP contribution in [0.5, 0.6) is 0 Å². The topological polar surface area (TPSA) is 144 Å². The zero-order valence-corrected chi connectivity index (χ0v) is 13.1. The van der Waals surface area contributed by atoms with E-state index in [4.69, 9.17) is 10.2 Å². The Morgan fingerprint density at radius 2 is 1.90 bits per heavy atom. The minimum Gasteiger partial charge on any atom is -0.478 e. The van der Waals surface area contributed by atoms with Crippen LogP contribution in [0.3, 0.4) is 0 Å². The standard InChI is InChI=1S/C9H11BrN2O6S2/c10-7-5-6(9(13)14)1-2-8(7)20(17,18)12-3-4-19(11,15)16/h1-2,5,12H,3-4H2,(H,13,14)(H2,11,15,16). The second kappa shape index (κ2) is 6.18. The van der Waals surface area contributed by atoms with Crippen LogP contribution in [-0.2, 0) is 20.0 Å². The number of carboxylic acids is 1. The number of carbonyl (C=O) groups is 1. The number of hydrogen-bond acceptors (Lipinski definition) is 5. The lowest BCUT2D eigenvalue weighted by Crippen LogP contribution is -2.31. The van der Waals surface area contributed by atoms with Gasteiger partial charge >= 0.3 is 5.97 Å². The molecule has 0 heterocycles. The normalized spacial score (nSPS) is 12.3. The molecule has 4 N–H and O–H groups in total. The molecule has 0 spiro atoms. The molecule has 11 heteroatoms. The molecule has 0 amide bonds. The third-order valence-corrected chi connectivity index (χ3v) is 5.36. The molecule has 20 heavy (non-hydrogen) atoms. The summed E-state index contributed by atoms with van der Waals surface area (Å²) < 4.78 is 47.3. The maximum Gasteiger partial charge on any atom is 0.335 e. The van der Waals surface area contributed by atoms with Crippen molar-refractivity contribution < 1.29 is 26.7 Å². The molecule has 0 bridgehead atoms. The largest absolute Gasteiger partial charge is 0.478 e. The van der Waals surface area contributed by atoms with Gasteiger partial charge in [0.25, 0.3) is 0 Å². The van der Waals surface area contributed by atoms with Gasteiger partial charge in [-0.2, -0.15) is 0 Å². The fraction of sp³-hybridized carbons (Fsp3) is 0.222. The molecular weight excluding hydrogens is 376 g/mol. The summed E-state index contributed by atoms with van der Waals surface area (Å²) >= 11 is 2.96. The van der Waals surface area contributed by atoms with E-state index in [0.29, 0.717) is 0 Å². The van der Waals surface area contributed by atoms with Crippen molar-refractivity contribution in [2.75, 3.05) is 12.3 Å². The molecule has 0 saturated heterocycles. The summed E-state index contributed by atoms with van der Waals surface area (Å²) in [5, 5.41) is 13.5. The van der Waals surface area contributed by atoms with Gasteiger partial charge in [0, 0.05) is 11.0 Å². The second-order valence-corrected chi connectivity index (χ2v) is 8.04. The van der Waals surface area contributed by atoms with E-state index in [1.165, 1.54) is 0 Å². The summed E-state index contributed by atoms with van der Waals surface area (Å²) in [5.41, 5.74) is -0.0830. The SMILES string of the molecule is NS(=O)(=O)CCNS(=O)(=O)c1ccc(C(=O)O)cc1Br. The van der Waals surface area contributed by atoms with Crippen LogP contribution in [0.4, 0.5) is 0 Å². The smallest absolute Gasteiger partial charge is 0.335 e. The Morgan fingerprint density at radius 1 is 1.30 bits per heavy atom. The summed E-state index contributed by atoms with van der Waals surface area (Å²) in [5.74, 6) is -1.74. The monoisotopic (exact) mass is 386 g/mol. The maximum atomic E-state index is 11.9. The van der Waals surface area contributed by atoms with E-state index >= 15 is 0 Å². The number of nitrogens with one attached hydrogen (secondary N) is 1. The van der Waals surface area contributed by atoms with Crippen molar-refractivity contribution in [3.05, 3.63) is 28.2 Å². The van der Waals surface area contributed by atoms with Crippen molar-refractivity contribution in [3.63, 3.8) is 0 Å². The van der Waals surface area contributed by atoms with Gasteiger partial charge in [-0.15, -0.1) is 0 Å². The Balaban J connectivity index is 2.96. The Hall–Kier alpha value is -1.01. The molecule has 0 aliphatic heterocycles. The van der Waals surface area contributed by atoms with Crippen molar-refractivity contribution >= 4 is 41.9 Å². The van der Waals surface area contributed by atoms with Gasteiger partial charge in [0.15, 0.2) is 0 Å². The first-order valence-electron chi connectivity index (χ1n) is 5.06. The van der Waals surface area contributed by atoms with Gasteiger partial charge in [-0.05, 0) is 34.1 Å². The molecule has 1 aromatic rings. The molecule has 0 aliphatic rings. The number of halogens is 1. The molecule has 1 aromatic carbocycles. The van der Waals surface area contributed by atoms with Gasteiger partial charge in [0.2, 0.25) is 20.0 Å². The van der Waals surface area contributed by atoms with E-state index in [1.54, 1.807) is 0 Å². The number of primary sulfonamides is 1. The van der Waals surface area contributed by atoms with Gasteiger partial charge in [-0.3, -0.25) is 0 Å². The number of rotatable bonds is 6. The average molecular weight is 387 g/mol. The van der Waals surface area contributed by atoms with Crippen LogP contribution in [-0.4, -0.2) is 40.2 Å². The first kappa shape index (κ1) is 17.0. The van der Waals surface area contributed by atoms with Gasteiger partial charge in [-0.25, -0.2) is 31.5 Å². The van der Waals surface area contributed by atoms with Gasteiger partial charge in [-0.1, -0.05) is 0 Å². The van der Waals surface area contributed by atoms with E-state index in [2.05, 4.69) is 20.7 Å². The molecule has 0 aromatic heterocycles. The molecule has 0 aliphatic carbocycles. The molecular formula is C9H11BrN2O6S2. The third kappa shape index (κ3) is 4.83. The summed E-state index contributed by atoms with van der Waals surface area (Å²) in [6, 6.07) is 3.37. The highest BCUT2D eigenvalue weighted by Crippen LogP contribution is 2.23. The summed E-state index contributed by atoms with van der Waals surface area (Å²) in [4.78, 5) is 10.5. The maximum absolute atomic E-state index is 11.9. The van der Waals surface area contributed by atoms with Crippen LogP contribution in [0, 0.1) is 0 Å². The zero-order valence-electron chi connectivity index (χ0n) is 9.91. The lowest BCUT2D eigenvalue weighted by atomic mass is 10.2. The predicted molar refractivity (Wildman–Crippen MR) is 74.3 cm³/mol. The van der Waals surface area contributed by atoms with Crippen molar-refractivity contribution in [2.45, 2.75) is 4.90 Å². The molecule has 1 rings (SSSR count). The third-order valence-electron chi connectivity index (χ3n) is 2.15. The van der Waals surface area contributed by atoms with Crippen molar-refractivity contribution in [1.29, 1.82) is 0 Å². The molecule has 0 atom stereocenters. The van der Waals surface area contributed by atoms with E-state index in [9.17, 15) is 21.6 Å². The van der Waals surface area contributed by atoms with Crippen LogP contribution >= 0.6 is 15.9 Å². The first-order chi connectivity index (χ1) is 9.03. The van der Waals surface area contributed by atoms with Crippen LogP contribution in [0.2, 0.25) is 0 Å². The summed E-state index contributed by atoms with van der Waals surface area (Å²) in [6.45, 7) is -0.381. The Labute approximate surface area is 124 Å². The Bertz CT molecular complexity index is 729. The number of hydrogen-bond donors (Lipinski definition) is 3. The highest BCUT2D eigenvalue weighted by Gasteiger charge is 2.19. The number of benzene rings is 1. The first-order valence-corrected chi connectivity index (χ1v) is 9.05. The lowest BCUT2D eigenvalue weighted by Gasteiger charge is -2.08. The van der Waals surface area contributed by atoms with Crippen molar-refractivity contribution in [3.8, 4) is 0 Å². The summed E-state index contributed by atoms with van der Waals surface area (Å²) in [6.07, 6.45) is 0. The zero-order chi connectivity index (χ0) is 15.6. The molecule has 0 unspecified atom stereocenters. The summed E-state index contributed by atoms with van der Waals surface area (Å²) in [7, 11) is -7.74. The van der Waals surface area contributed by atoms with Crippen LogP contribution < -0.4 is 9.86 Å². The Morgan fingerprint density at radius 3 is 2.35 bits per heavy atom. The van der Waals surface area contributed by atoms with E-state index in [0.717, 1.165) is 18.2 Å². The van der Waals surface area contributed by atoms with Crippen LogP contribution in [0.25, 0.3) is 0 Å². The van der Waals surface area contributed by atoms with E-state index in [1.807, 2.05) is 0 Å². The predicted octanol–water partition coefficient (Wildman–Crippen LogP) is -0.286. The number of aromatic carboxylic acids is 1. The van der Waals surface area contributed by atoms with E-state index in [-0.39, 0.29) is 21.5 Å². The number of carboxylic acid groups (broad SMARTS) is 1. The highest BCUT2D eigenvalue weighted by atomic mass is 79.9. The van der Waals surface area contributed by atoms with Gasteiger partial charge in [0.1, 0.15) is 0 Å². The highest BCUT2D eigenvalue weighted by molar-refractivity contribution is 9.10. The van der Waals surface area contributed by atoms with Gasteiger partial charge < -0.3 is 5.11 Å². The fourth-order valence-corrected chi connectivity index (χ4v) is 3.87. The number of sulfonamides is 2. The molecule has 0 fully saturated rings. The van der Waals surface area contributed by atoms with Crippen molar-refractivity contribution in [1.82, 2.24) is 4.72 Å². The quantitative estimate of drug-likeness (QED) is 0.612. The molecule has 8 nitrogen and oxygen atoms in total. The van der Waals surface area contributed by atoms with Crippen LogP contribution in [0.15, 0.2) is 27.6 Å². The number of nitrogens with two attached hydrogens (primary N) is 1. The Kier molecular flexibility index (Phi) is 5.27. The second-order valence-electron chi connectivity index (χ2n) is 3.72. The minimum absolute atomic E-state index is 0.0560. The van der Waals surface area contributed by atoms with Crippen molar-refractivity contribution in [2.24, 2.45) is 5.14 Å². The minimum atomic E-state index is -3.97. The molecule has 112 valence electrons. The van der Waals surface area contributed by atoms with Crippen LogP contribution in [0.1, 0.15) is 10.4 Å².